The molecular weight excluding hydrogens is 472 g/mol. The van der Waals surface area contributed by atoms with Gasteiger partial charge in [-0.3, -0.25) is 20.0 Å². The zero-order chi connectivity index (χ0) is 26.3. The monoisotopic (exact) mass is 518 g/mol. The Kier molecular flexibility index (Phi) is 9.36. The molecule has 4 aliphatic rings. The fraction of sp³-hybridized carbons (Fsp3) is 0.594. The van der Waals surface area contributed by atoms with Crippen molar-refractivity contribution >= 4 is 5.91 Å². The molecule has 3 saturated heterocycles. The largest absolute Gasteiger partial charge is 0.497 e. The summed E-state index contributed by atoms with van der Waals surface area (Å²) in [7, 11) is 1.75. The maximum atomic E-state index is 13.1. The Morgan fingerprint density at radius 3 is 2.66 bits per heavy atom. The smallest absolute Gasteiger partial charge is 0.241 e. The molecule has 2 bridgehead atoms. The Hall–Kier alpha value is -2.41. The highest BCUT2D eigenvalue weighted by Gasteiger charge is 2.40. The van der Waals surface area contributed by atoms with Crippen molar-refractivity contribution in [1.82, 2.24) is 20.2 Å². The summed E-state index contributed by atoms with van der Waals surface area (Å²) in [6.45, 7) is 9.09. The summed E-state index contributed by atoms with van der Waals surface area (Å²) in [5.41, 5.74) is 5.80. The van der Waals surface area contributed by atoms with E-state index in [1.165, 1.54) is 49.7 Å². The Balaban J connectivity index is 1.38. The van der Waals surface area contributed by atoms with Crippen LogP contribution in [0.2, 0.25) is 0 Å². The molecule has 4 atom stereocenters. The third kappa shape index (κ3) is 6.41. The van der Waals surface area contributed by atoms with E-state index >= 15 is 0 Å². The van der Waals surface area contributed by atoms with E-state index < -0.39 is 0 Å². The molecule has 3 fully saturated rings. The number of allylic oxidation sites excluding steroid dienone is 1. The molecule has 0 spiro atoms. The third-order valence-electron chi connectivity index (χ3n) is 8.92. The zero-order valence-corrected chi connectivity index (χ0v) is 23.2. The molecule has 38 heavy (non-hydrogen) atoms. The Morgan fingerprint density at radius 1 is 1.11 bits per heavy atom. The lowest BCUT2D eigenvalue weighted by Gasteiger charge is -2.46. The molecule has 1 aromatic carbocycles. The van der Waals surface area contributed by atoms with E-state index in [0.717, 1.165) is 57.7 Å². The van der Waals surface area contributed by atoms with E-state index in [9.17, 15) is 4.79 Å². The molecule has 6 heteroatoms. The number of rotatable bonds is 8. The van der Waals surface area contributed by atoms with Gasteiger partial charge in [-0.1, -0.05) is 55.7 Å². The van der Waals surface area contributed by atoms with Crippen LogP contribution in [-0.4, -0.2) is 72.6 Å². The second-order valence-electron chi connectivity index (χ2n) is 11.5. The summed E-state index contributed by atoms with van der Waals surface area (Å²) in [6.07, 6.45) is 19.3. The van der Waals surface area contributed by atoms with Crippen LogP contribution >= 0.6 is 0 Å². The first kappa shape index (κ1) is 27.2. The first-order valence-corrected chi connectivity index (χ1v) is 14.8. The molecular formula is C32H46N4O2. The average molecular weight is 519 g/mol. The summed E-state index contributed by atoms with van der Waals surface area (Å²) in [5.74, 6) is 0.915. The lowest BCUT2D eigenvalue weighted by atomic mass is 9.84. The van der Waals surface area contributed by atoms with E-state index in [1.54, 1.807) is 7.11 Å². The number of amides is 1. The van der Waals surface area contributed by atoms with Crippen molar-refractivity contribution < 1.29 is 9.53 Å². The van der Waals surface area contributed by atoms with Crippen LogP contribution in [0.15, 0.2) is 60.7 Å². The molecule has 1 aliphatic carbocycles. The number of carbonyl (C=O) groups excluding carboxylic acids is 1. The van der Waals surface area contributed by atoms with Crippen LogP contribution in [0.3, 0.4) is 0 Å². The Morgan fingerprint density at radius 2 is 1.92 bits per heavy atom. The van der Waals surface area contributed by atoms with Crippen LogP contribution < -0.4 is 10.2 Å². The third-order valence-corrected chi connectivity index (χ3v) is 8.92. The standard InChI is InChI=1S/C32H46N4O2/c1-3-19-34-22-18-28-11-9-12-29(24-34)36(28)31(27-10-8-13-30(23-27)38-2)25-14-16-26(17-15-25)32(37)33-35-20-6-4-5-7-21-35/h3,8,10,13-16,23,26,28-29,31H,1,4-7,9,11-12,17-22,24H2,2H3,(H,33,37). The van der Waals surface area contributed by atoms with Gasteiger partial charge in [-0.2, -0.15) is 0 Å². The van der Waals surface area contributed by atoms with Crippen LogP contribution in [0.4, 0.5) is 0 Å². The highest BCUT2D eigenvalue weighted by atomic mass is 16.5. The predicted octanol–water partition coefficient (Wildman–Crippen LogP) is 5.26. The van der Waals surface area contributed by atoms with Gasteiger partial charge in [0.25, 0.3) is 0 Å². The van der Waals surface area contributed by atoms with Crippen LogP contribution in [0.5, 0.6) is 5.75 Å². The number of piperidine rings is 1. The van der Waals surface area contributed by atoms with Crippen LogP contribution in [0.1, 0.15) is 69.4 Å². The normalized spacial score (nSPS) is 28.0. The number of methoxy groups -OCH3 is 1. The SMILES string of the molecule is C=CCN1CCC2CCCC(C1)N2C(C1=CCC(C(=O)NN2CCCCCC2)C=C1)c1cccc(OC)c1. The van der Waals surface area contributed by atoms with Gasteiger partial charge in [-0.25, -0.2) is 5.01 Å². The molecule has 1 amide bonds. The van der Waals surface area contributed by atoms with E-state index in [4.69, 9.17) is 4.74 Å². The molecule has 5 rings (SSSR count). The van der Waals surface area contributed by atoms with Gasteiger partial charge >= 0.3 is 0 Å². The summed E-state index contributed by atoms with van der Waals surface area (Å²) < 4.78 is 5.64. The van der Waals surface area contributed by atoms with Crippen molar-refractivity contribution in [3.63, 3.8) is 0 Å². The maximum Gasteiger partial charge on any atom is 0.241 e. The van der Waals surface area contributed by atoms with E-state index in [1.807, 2.05) is 12.1 Å². The molecule has 4 unspecified atom stereocenters. The number of benzene rings is 1. The number of carbonyl (C=O) groups is 1. The molecule has 1 aromatic rings. The van der Waals surface area contributed by atoms with Crippen molar-refractivity contribution in [2.75, 3.05) is 39.8 Å². The molecule has 6 nitrogen and oxygen atoms in total. The van der Waals surface area contributed by atoms with Crippen molar-refractivity contribution in [2.24, 2.45) is 5.92 Å². The number of nitrogens with zero attached hydrogens (tertiary/aromatic N) is 3. The first-order valence-electron chi connectivity index (χ1n) is 14.8. The predicted molar refractivity (Wildman–Crippen MR) is 154 cm³/mol. The van der Waals surface area contributed by atoms with Crippen molar-refractivity contribution in [2.45, 2.75) is 75.9 Å². The minimum Gasteiger partial charge on any atom is -0.497 e. The molecule has 1 N–H and O–H groups in total. The Labute approximate surface area is 229 Å². The lowest BCUT2D eigenvalue weighted by molar-refractivity contribution is -0.128. The molecule has 0 aromatic heterocycles. The van der Waals surface area contributed by atoms with Gasteiger partial charge in [0.1, 0.15) is 5.75 Å². The summed E-state index contributed by atoms with van der Waals surface area (Å²) in [5, 5.41) is 2.13. The van der Waals surface area contributed by atoms with Gasteiger partial charge in [-0.15, -0.1) is 6.58 Å². The first-order chi connectivity index (χ1) is 18.7. The Bertz CT molecular complexity index is 1010. The van der Waals surface area contributed by atoms with Gasteiger partial charge in [0.15, 0.2) is 0 Å². The van der Waals surface area contributed by atoms with E-state index in [2.05, 4.69) is 63.2 Å². The van der Waals surface area contributed by atoms with Gasteiger partial charge in [0.05, 0.1) is 19.1 Å². The summed E-state index contributed by atoms with van der Waals surface area (Å²) in [6, 6.07) is 9.83. The van der Waals surface area contributed by atoms with Crippen molar-refractivity contribution in [1.29, 1.82) is 0 Å². The van der Waals surface area contributed by atoms with Crippen LogP contribution in [0, 0.1) is 5.92 Å². The second kappa shape index (κ2) is 13.1. The minimum atomic E-state index is -0.111. The highest BCUT2D eigenvalue weighted by molar-refractivity contribution is 5.80. The number of hydrogen-bond donors (Lipinski definition) is 1. The summed E-state index contributed by atoms with van der Waals surface area (Å²) >= 11 is 0. The minimum absolute atomic E-state index is 0.111. The fourth-order valence-corrected chi connectivity index (χ4v) is 6.96. The van der Waals surface area contributed by atoms with Crippen LogP contribution in [0.25, 0.3) is 0 Å². The molecule has 0 radical (unpaired) electrons. The quantitative estimate of drug-likeness (QED) is 0.476. The van der Waals surface area contributed by atoms with Crippen LogP contribution in [-0.2, 0) is 4.79 Å². The van der Waals surface area contributed by atoms with Gasteiger partial charge in [0.2, 0.25) is 5.91 Å². The second-order valence-corrected chi connectivity index (χ2v) is 11.5. The maximum absolute atomic E-state index is 13.1. The molecule has 206 valence electrons. The molecule has 3 aliphatic heterocycles. The average Bonchev–Trinajstić information content (AvgIpc) is 3.25. The fourth-order valence-electron chi connectivity index (χ4n) is 6.96. The number of hydrazine groups is 1. The molecule has 3 heterocycles. The number of hydrogen-bond acceptors (Lipinski definition) is 5. The van der Waals surface area contributed by atoms with Gasteiger partial charge in [-0.05, 0) is 61.8 Å². The van der Waals surface area contributed by atoms with Gasteiger partial charge < -0.3 is 4.74 Å². The van der Waals surface area contributed by atoms with Crippen molar-refractivity contribution in [3.05, 3.63) is 66.3 Å². The number of fused-ring (bicyclic) bond motifs is 2. The summed E-state index contributed by atoms with van der Waals surface area (Å²) in [4.78, 5) is 18.5. The van der Waals surface area contributed by atoms with E-state index in [-0.39, 0.29) is 17.9 Å². The van der Waals surface area contributed by atoms with Gasteiger partial charge in [0, 0.05) is 44.8 Å². The number of ether oxygens (including phenoxy) is 1. The topological polar surface area (TPSA) is 48.0 Å². The lowest BCUT2D eigenvalue weighted by Crippen LogP contribution is -2.50. The van der Waals surface area contributed by atoms with Crippen molar-refractivity contribution in [3.8, 4) is 5.75 Å². The molecule has 0 saturated carbocycles. The highest BCUT2D eigenvalue weighted by Crippen LogP contribution is 2.42. The number of nitrogens with one attached hydrogen (secondary N) is 1. The van der Waals surface area contributed by atoms with E-state index in [0.29, 0.717) is 12.1 Å². The zero-order valence-electron chi connectivity index (χ0n) is 23.2.